The Kier molecular flexibility index (Phi) is 3.81. The average Bonchev–Trinajstić information content (AvgIpc) is 3.08. The summed E-state index contributed by atoms with van der Waals surface area (Å²) in [6.07, 6.45) is 2.61. The number of benzene rings is 1. The number of nitrogens with zero attached hydrogens (tertiary/aromatic N) is 6. The lowest BCUT2D eigenvalue weighted by atomic mass is 10.1. The molecule has 1 N–H and O–H groups in total. The highest BCUT2D eigenvalue weighted by Gasteiger charge is 2.04. The number of anilines is 1. The second kappa shape index (κ2) is 6.08. The minimum absolute atomic E-state index is 0.789. The third-order valence-electron chi connectivity index (χ3n) is 2.98. The van der Waals surface area contributed by atoms with E-state index in [4.69, 9.17) is 0 Å². The molecule has 0 saturated heterocycles. The fourth-order valence-corrected chi connectivity index (χ4v) is 1.92. The van der Waals surface area contributed by atoms with Crippen molar-refractivity contribution in [1.29, 1.82) is 0 Å². The highest BCUT2D eigenvalue weighted by atomic mass is 15.5. The van der Waals surface area contributed by atoms with Crippen LogP contribution in [0.2, 0.25) is 0 Å². The molecule has 0 fully saturated rings. The predicted molar refractivity (Wildman–Crippen MR) is 79.0 cm³/mol. The molecule has 2 aromatic heterocycles. The van der Waals surface area contributed by atoms with Crippen LogP contribution in [0.3, 0.4) is 0 Å². The largest absolute Gasteiger partial charge is 0.369 e. The van der Waals surface area contributed by atoms with Gasteiger partial charge in [0.2, 0.25) is 0 Å². The minimum Gasteiger partial charge on any atom is -0.369 e. The molecule has 0 unspecified atom stereocenters. The number of hydrogen-bond acceptors (Lipinski definition) is 6. The molecule has 0 atom stereocenters. The SMILES string of the molecule is CCCNc1ccc(-c2cccc(-n3cnnn3)c2)nn1. The Morgan fingerprint density at radius 2 is 2.10 bits per heavy atom. The normalized spacial score (nSPS) is 10.5. The molecule has 0 amide bonds. The molecule has 0 spiro atoms. The molecular weight excluding hydrogens is 266 g/mol. The van der Waals surface area contributed by atoms with Crippen molar-refractivity contribution in [3.8, 4) is 16.9 Å². The fourth-order valence-electron chi connectivity index (χ4n) is 1.92. The van der Waals surface area contributed by atoms with Crippen molar-refractivity contribution < 1.29 is 0 Å². The van der Waals surface area contributed by atoms with E-state index in [0.29, 0.717) is 0 Å². The molecule has 0 bridgehead atoms. The molecule has 106 valence electrons. The minimum atomic E-state index is 0.789. The van der Waals surface area contributed by atoms with Gasteiger partial charge in [0.1, 0.15) is 12.1 Å². The Bertz CT molecular complexity index is 692. The summed E-state index contributed by atoms with van der Waals surface area (Å²) in [5, 5.41) is 22.8. The van der Waals surface area contributed by atoms with Crippen molar-refractivity contribution in [3.63, 3.8) is 0 Å². The van der Waals surface area contributed by atoms with Crippen LogP contribution in [0.1, 0.15) is 13.3 Å². The lowest BCUT2D eigenvalue weighted by Crippen LogP contribution is -2.03. The van der Waals surface area contributed by atoms with Gasteiger partial charge in [0, 0.05) is 12.1 Å². The first-order chi connectivity index (χ1) is 10.4. The third-order valence-corrected chi connectivity index (χ3v) is 2.98. The molecule has 0 saturated carbocycles. The average molecular weight is 281 g/mol. The van der Waals surface area contributed by atoms with Gasteiger partial charge in [0.15, 0.2) is 0 Å². The lowest BCUT2D eigenvalue weighted by molar-refractivity contribution is 0.789. The monoisotopic (exact) mass is 281 g/mol. The molecule has 0 aliphatic rings. The van der Waals surface area contributed by atoms with E-state index in [-0.39, 0.29) is 0 Å². The van der Waals surface area contributed by atoms with Crippen molar-refractivity contribution in [2.75, 3.05) is 11.9 Å². The van der Waals surface area contributed by atoms with Crippen LogP contribution in [-0.4, -0.2) is 36.9 Å². The maximum Gasteiger partial charge on any atom is 0.148 e. The summed E-state index contributed by atoms with van der Waals surface area (Å²) in [4.78, 5) is 0. The first-order valence-corrected chi connectivity index (χ1v) is 6.78. The van der Waals surface area contributed by atoms with Gasteiger partial charge in [-0.3, -0.25) is 0 Å². The molecule has 2 heterocycles. The van der Waals surface area contributed by atoms with Crippen LogP contribution in [-0.2, 0) is 0 Å². The summed E-state index contributed by atoms with van der Waals surface area (Å²) in [5.74, 6) is 0.789. The summed E-state index contributed by atoms with van der Waals surface area (Å²) in [6.45, 7) is 3.00. The summed E-state index contributed by atoms with van der Waals surface area (Å²) >= 11 is 0. The maximum atomic E-state index is 4.25. The van der Waals surface area contributed by atoms with Crippen LogP contribution >= 0.6 is 0 Å². The van der Waals surface area contributed by atoms with Crippen molar-refractivity contribution in [3.05, 3.63) is 42.7 Å². The quantitative estimate of drug-likeness (QED) is 0.769. The van der Waals surface area contributed by atoms with E-state index >= 15 is 0 Å². The van der Waals surface area contributed by atoms with E-state index in [9.17, 15) is 0 Å². The first kappa shape index (κ1) is 13.2. The van der Waals surface area contributed by atoms with E-state index in [0.717, 1.165) is 35.7 Å². The molecule has 7 nitrogen and oxygen atoms in total. The van der Waals surface area contributed by atoms with Crippen LogP contribution in [0, 0.1) is 0 Å². The van der Waals surface area contributed by atoms with Crippen LogP contribution in [0.25, 0.3) is 16.9 Å². The zero-order chi connectivity index (χ0) is 14.5. The fraction of sp³-hybridized carbons (Fsp3) is 0.214. The van der Waals surface area contributed by atoms with E-state index in [1.54, 1.807) is 11.0 Å². The number of hydrogen-bond donors (Lipinski definition) is 1. The zero-order valence-corrected chi connectivity index (χ0v) is 11.6. The highest BCUT2D eigenvalue weighted by Crippen LogP contribution is 2.19. The topological polar surface area (TPSA) is 81.4 Å². The van der Waals surface area contributed by atoms with Crippen LogP contribution in [0.15, 0.2) is 42.7 Å². The van der Waals surface area contributed by atoms with Gasteiger partial charge in [0.05, 0.1) is 11.4 Å². The molecule has 1 aromatic carbocycles. The van der Waals surface area contributed by atoms with E-state index in [2.05, 4.69) is 38.0 Å². The van der Waals surface area contributed by atoms with Gasteiger partial charge in [-0.25, -0.2) is 4.68 Å². The van der Waals surface area contributed by atoms with Gasteiger partial charge in [0.25, 0.3) is 0 Å². The number of tetrazole rings is 1. The van der Waals surface area contributed by atoms with Crippen molar-refractivity contribution in [2.24, 2.45) is 0 Å². The standard InChI is InChI=1S/C14H15N7/c1-2-8-15-14-7-6-13(17-18-14)11-4-3-5-12(9-11)21-10-16-19-20-21/h3-7,9-10H,2,8H2,1H3,(H,15,18). The van der Waals surface area contributed by atoms with Gasteiger partial charge in [-0.2, -0.15) is 0 Å². The van der Waals surface area contributed by atoms with Crippen LogP contribution in [0.4, 0.5) is 5.82 Å². The van der Waals surface area contributed by atoms with Crippen molar-refractivity contribution in [2.45, 2.75) is 13.3 Å². The summed E-state index contributed by atoms with van der Waals surface area (Å²) < 4.78 is 1.61. The zero-order valence-electron chi connectivity index (χ0n) is 11.6. The Hall–Kier alpha value is -2.83. The Balaban J connectivity index is 1.85. The Labute approximate surface area is 122 Å². The van der Waals surface area contributed by atoms with Gasteiger partial charge >= 0.3 is 0 Å². The Morgan fingerprint density at radius 1 is 1.14 bits per heavy atom. The van der Waals surface area contributed by atoms with Gasteiger partial charge < -0.3 is 5.32 Å². The molecule has 0 radical (unpaired) electrons. The number of rotatable bonds is 5. The Morgan fingerprint density at radius 3 is 2.81 bits per heavy atom. The summed E-state index contributed by atoms with van der Waals surface area (Å²) in [7, 11) is 0. The third kappa shape index (κ3) is 3.02. The predicted octanol–water partition coefficient (Wildman–Crippen LogP) is 1.94. The molecule has 0 aliphatic carbocycles. The van der Waals surface area contributed by atoms with Gasteiger partial charge in [-0.05, 0) is 41.1 Å². The van der Waals surface area contributed by atoms with Gasteiger partial charge in [-0.1, -0.05) is 19.1 Å². The second-order valence-corrected chi connectivity index (χ2v) is 4.54. The van der Waals surface area contributed by atoms with Crippen LogP contribution < -0.4 is 5.32 Å². The molecule has 7 heteroatoms. The van der Waals surface area contributed by atoms with Gasteiger partial charge in [-0.15, -0.1) is 15.3 Å². The van der Waals surface area contributed by atoms with Crippen molar-refractivity contribution >= 4 is 5.82 Å². The molecule has 0 aliphatic heterocycles. The second-order valence-electron chi connectivity index (χ2n) is 4.54. The lowest BCUT2D eigenvalue weighted by Gasteiger charge is -2.05. The smallest absolute Gasteiger partial charge is 0.148 e. The number of nitrogens with one attached hydrogen (secondary N) is 1. The molecule has 3 aromatic rings. The first-order valence-electron chi connectivity index (χ1n) is 6.78. The van der Waals surface area contributed by atoms with E-state index in [1.165, 1.54) is 0 Å². The molecular formula is C14H15N7. The van der Waals surface area contributed by atoms with E-state index < -0.39 is 0 Å². The highest BCUT2D eigenvalue weighted by molar-refractivity contribution is 5.62. The van der Waals surface area contributed by atoms with Crippen molar-refractivity contribution in [1.82, 2.24) is 30.4 Å². The summed E-state index contributed by atoms with van der Waals surface area (Å²) in [6, 6.07) is 11.7. The summed E-state index contributed by atoms with van der Waals surface area (Å²) in [5.41, 5.74) is 2.66. The van der Waals surface area contributed by atoms with Crippen LogP contribution in [0.5, 0.6) is 0 Å². The maximum absolute atomic E-state index is 4.25. The van der Waals surface area contributed by atoms with E-state index in [1.807, 2.05) is 36.4 Å². The number of aromatic nitrogens is 6. The molecule has 3 rings (SSSR count). The molecule has 21 heavy (non-hydrogen) atoms.